The summed E-state index contributed by atoms with van der Waals surface area (Å²) >= 11 is 4.03. The molecular weight excluding hydrogens is 180 g/mol. The van der Waals surface area contributed by atoms with Crippen molar-refractivity contribution in [2.75, 3.05) is 5.75 Å². The molecule has 0 aliphatic heterocycles. The van der Waals surface area contributed by atoms with E-state index in [-0.39, 0.29) is 0 Å². The summed E-state index contributed by atoms with van der Waals surface area (Å²) in [6.45, 7) is 0. The minimum absolute atomic E-state index is 0.576. The fourth-order valence-corrected chi connectivity index (χ4v) is 1.27. The maximum absolute atomic E-state index is 4.17. The quantitative estimate of drug-likeness (QED) is 0.479. The summed E-state index contributed by atoms with van der Waals surface area (Å²) in [5, 5.41) is 1.07. The molecule has 0 fully saturated rings. The lowest BCUT2D eigenvalue weighted by Crippen LogP contribution is -1.73. The van der Waals surface area contributed by atoms with Crippen LogP contribution in [-0.2, 0) is 0 Å². The molecule has 0 radical (unpaired) electrons. The van der Waals surface area contributed by atoms with E-state index in [0.717, 1.165) is 16.6 Å². The number of nitrogens with zero attached hydrogens (tertiary/aromatic N) is 1. The molecule has 3 heteroatoms. The van der Waals surface area contributed by atoms with E-state index in [1.165, 1.54) is 0 Å². The molecule has 2 aromatic rings. The lowest BCUT2D eigenvalue weighted by atomic mass is 10.2. The van der Waals surface area contributed by atoms with Crippen molar-refractivity contribution in [2.24, 2.45) is 0 Å². The molecule has 2 rings (SSSR count). The van der Waals surface area contributed by atoms with Crippen LogP contribution in [0.4, 0.5) is 0 Å². The van der Waals surface area contributed by atoms with Crippen LogP contribution in [0.5, 0.6) is 0 Å². The monoisotopic (exact) mass is 188 g/mol. The van der Waals surface area contributed by atoms with E-state index in [1.54, 1.807) is 6.20 Å². The van der Waals surface area contributed by atoms with Gasteiger partial charge >= 0.3 is 0 Å². The summed E-state index contributed by atoms with van der Waals surface area (Å²) in [6.07, 6.45) is 3.63. The third kappa shape index (κ3) is 1.53. The van der Waals surface area contributed by atoms with E-state index >= 15 is 0 Å². The number of pyridine rings is 1. The van der Waals surface area contributed by atoms with Crippen molar-refractivity contribution >= 4 is 23.7 Å². The average Bonchev–Trinajstić information content (AvgIpc) is 2.58. The molecular formula is C10H8N2S. The van der Waals surface area contributed by atoms with Gasteiger partial charge in [-0.2, -0.15) is 12.6 Å². The minimum atomic E-state index is 0.576. The molecule has 0 saturated carbocycles. The molecule has 0 atom stereocenters. The number of hydrogen-bond acceptors (Lipinski definition) is 2. The Balaban J connectivity index is 2.58. The van der Waals surface area contributed by atoms with E-state index in [0.29, 0.717) is 5.75 Å². The van der Waals surface area contributed by atoms with Gasteiger partial charge in [0.2, 0.25) is 0 Å². The molecule has 64 valence electrons. The van der Waals surface area contributed by atoms with Gasteiger partial charge in [-0.05, 0) is 12.1 Å². The number of H-pyrrole nitrogens is 1. The van der Waals surface area contributed by atoms with Gasteiger partial charge in [0.05, 0.1) is 11.3 Å². The molecule has 0 saturated heterocycles. The number of aromatic amines is 1. The first-order valence-electron chi connectivity index (χ1n) is 3.93. The highest BCUT2D eigenvalue weighted by Gasteiger charge is 1.99. The van der Waals surface area contributed by atoms with Crippen molar-refractivity contribution in [2.45, 2.75) is 0 Å². The molecule has 0 aromatic carbocycles. The zero-order valence-corrected chi connectivity index (χ0v) is 7.81. The zero-order chi connectivity index (χ0) is 9.10. The normalized spacial score (nSPS) is 9.62. The van der Waals surface area contributed by atoms with Gasteiger partial charge in [0.15, 0.2) is 0 Å². The zero-order valence-electron chi connectivity index (χ0n) is 6.91. The number of rotatable bonds is 0. The molecule has 0 aliphatic carbocycles. The van der Waals surface area contributed by atoms with Gasteiger partial charge in [-0.1, -0.05) is 11.8 Å². The van der Waals surface area contributed by atoms with Crippen molar-refractivity contribution in [3.05, 3.63) is 30.1 Å². The van der Waals surface area contributed by atoms with Gasteiger partial charge in [-0.15, -0.1) is 0 Å². The third-order valence-corrected chi connectivity index (χ3v) is 1.91. The Hall–Kier alpha value is -1.40. The van der Waals surface area contributed by atoms with Crippen molar-refractivity contribution in [1.29, 1.82) is 0 Å². The lowest BCUT2D eigenvalue weighted by Gasteiger charge is -1.86. The highest BCUT2D eigenvalue weighted by atomic mass is 32.1. The summed E-state index contributed by atoms with van der Waals surface area (Å²) in [4.78, 5) is 7.23. The van der Waals surface area contributed by atoms with Crippen molar-refractivity contribution in [3.63, 3.8) is 0 Å². The van der Waals surface area contributed by atoms with Crippen molar-refractivity contribution < 1.29 is 0 Å². The van der Waals surface area contributed by atoms with Gasteiger partial charge in [-0.3, -0.25) is 0 Å². The third-order valence-electron chi connectivity index (χ3n) is 1.75. The SMILES string of the molecule is SCC#Cc1c[nH]c2ncccc12. The van der Waals surface area contributed by atoms with Gasteiger partial charge in [0.25, 0.3) is 0 Å². The fourth-order valence-electron chi connectivity index (χ4n) is 1.19. The number of thiol groups is 1. The molecule has 0 aliphatic rings. The molecule has 2 heterocycles. The number of nitrogens with one attached hydrogen (secondary N) is 1. The van der Waals surface area contributed by atoms with Gasteiger partial charge < -0.3 is 4.98 Å². The topological polar surface area (TPSA) is 28.7 Å². The Morgan fingerprint density at radius 3 is 3.31 bits per heavy atom. The highest BCUT2D eigenvalue weighted by Crippen LogP contribution is 2.13. The van der Waals surface area contributed by atoms with Gasteiger partial charge in [-0.25, -0.2) is 4.98 Å². The maximum Gasteiger partial charge on any atom is 0.138 e. The lowest BCUT2D eigenvalue weighted by molar-refractivity contribution is 1.33. The molecule has 0 bridgehead atoms. The first-order valence-corrected chi connectivity index (χ1v) is 4.57. The smallest absolute Gasteiger partial charge is 0.138 e. The van der Waals surface area contributed by atoms with E-state index in [9.17, 15) is 0 Å². The molecule has 0 amide bonds. The molecule has 2 aromatic heterocycles. The molecule has 1 N–H and O–H groups in total. The van der Waals surface area contributed by atoms with E-state index in [2.05, 4.69) is 34.4 Å². The van der Waals surface area contributed by atoms with Gasteiger partial charge in [0.1, 0.15) is 5.65 Å². The second-order valence-corrected chi connectivity index (χ2v) is 2.88. The van der Waals surface area contributed by atoms with Crippen LogP contribution in [0.1, 0.15) is 5.56 Å². The van der Waals surface area contributed by atoms with Crippen molar-refractivity contribution in [3.8, 4) is 11.8 Å². The van der Waals surface area contributed by atoms with E-state index < -0.39 is 0 Å². The number of aromatic nitrogens is 2. The Morgan fingerprint density at radius 2 is 2.46 bits per heavy atom. The van der Waals surface area contributed by atoms with Crippen molar-refractivity contribution in [1.82, 2.24) is 9.97 Å². The molecule has 0 unspecified atom stereocenters. The second-order valence-electron chi connectivity index (χ2n) is 2.56. The van der Waals surface area contributed by atoms with Crippen LogP contribution in [0.15, 0.2) is 24.5 Å². The predicted octanol–water partition coefficient (Wildman–Crippen LogP) is 1.84. The molecule has 0 spiro atoms. The standard InChI is InChI=1S/C10H8N2S/c13-6-2-3-8-7-12-10-9(8)4-1-5-11-10/h1,4-5,7,13H,6H2,(H,11,12). The number of hydrogen-bond donors (Lipinski definition) is 2. The predicted molar refractivity (Wildman–Crippen MR) is 56.8 cm³/mol. The number of fused-ring (bicyclic) bond motifs is 1. The maximum atomic E-state index is 4.17. The summed E-state index contributed by atoms with van der Waals surface area (Å²) in [6, 6.07) is 3.91. The van der Waals surface area contributed by atoms with Crippen LogP contribution in [0.2, 0.25) is 0 Å². The largest absolute Gasteiger partial charge is 0.345 e. The fraction of sp³-hybridized carbons (Fsp3) is 0.100. The summed E-state index contributed by atoms with van der Waals surface area (Å²) < 4.78 is 0. The van der Waals surface area contributed by atoms with Crippen LogP contribution in [0.3, 0.4) is 0 Å². The van der Waals surface area contributed by atoms with Crippen LogP contribution in [0.25, 0.3) is 11.0 Å². The molecule has 13 heavy (non-hydrogen) atoms. The summed E-state index contributed by atoms with van der Waals surface area (Å²) in [7, 11) is 0. The van der Waals surface area contributed by atoms with Crippen LogP contribution in [-0.4, -0.2) is 15.7 Å². The summed E-state index contributed by atoms with van der Waals surface area (Å²) in [5.74, 6) is 6.51. The first kappa shape index (κ1) is 8.21. The molecule has 2 nitrogen and oxygen atoms in total. The van der Waals surface area contributed by atoms with Gasteiger partial charge in [0, 0.05) is 17.8 Å². The van der Waals surface area contributed by atoms with Crippen LogP contribution in [0, 0.1) is 11.8 Å². The van der Waals surface area contributed by atoms with Crippen LogP contribution >= 0.6 is 12.6 Å². The van der Waals surface area contributed by atoms with E-state index in [1.807, 2.05) is 18.3 Å². The first-order chi connectivity index (χ1) is 6.42. The van der Waals surface area contributed by atoms with E-state index in [4.69, 9.17) is 0 Å². The Kier molecular flexibility index (Phi) is 2.24. The Bertz CT molecular complexity index is 476. The summed E-state index contributed by atoms with van der Waals surface area (Å²) in [5.41, 5.74) is 1.86. The highest BCUT2D eigenvalue weighted by molar-refractivity contribution is 7.80. The van der Waals surface area contributed by atoms with Crippen LogP contribution < -0.4 is 0 Å². The average molecular weight is 188 g/mol. The Labute approximate surface area is 81.8 Å². The minimum Gasteiger partial charge on any atom is -0.345 e. The Morgan fingerprint density at radius 1 is 1.54 bits per heavy atom. The second kappa shape index (κ2) is 3.55.